The minimum Gasteiger partial charge on any atom is -0.465 e. The van der Waals surface area contributed by atoms with E-state index in [1.165, 1.54) is 0 Å². The highest BCUT2D eigenvalue weighted by Crippen LogP contribution is 2.15. The SMILES string of the molecule is CCOC(=O)C(NCCN=[N+]=[N-])c1ccc(C)cc1. The number of azide groups is 1. The summed E-state index contributed by atoms with van der Waals surface area (Å²) in [6.07, 6.45) is 0. The van der Waals surface area contributed by atoms with Crippen LogP contribution in [0, 0.1) is 6.92 Å². The van der Waals surface area contributed by atoms with Crippen LogP contribution in [0.2, 0.25) is 0 Å². The molecular formula is C13H18N4O2. The van der Waals surface area contributed by atoms with Gasteiger partial charge in [0.1, 0.15) is 6.04 Å². The van der Waals surface area contributed by atoms with E-state index >= 15 is 0 Å². The van der Waals surface area contributed by atoms with Gasteiger partial charge >= 0.3 is 5.97 Å². The van der Waals surface area contributed by atoms with E-state index in [1.807, 2.05) is 31.2 Å². The summed E-state index contributed by atoms with van der Waals surface area (Å²) in [6, 6.07) is 7.12. The molecule has 0 aliphatic carbocycles. The lowest BCUT2D eigenvalue weighted by molar-refractivity contribution is -0.145. The minimum absolute atomic E-state index is 0.290. The summed E-state index contributed by atoms with van der Waals surface area (Å²) >= 11 is 0. The summed E-state index contributed by atoms with van der Waals surface area (Å²) in [4.78, 5) is 14.6. The first-order valence-electron chi connectivity index (χ1n) is 6.16. The van der Waals surface area contributed by atoms with E-state index in [-0.39, 0.29) is 12.5 Å². The third-order valence-electron chi connectivity index (χ3n) is 2.56. The van der Waals surface area contributed by atoms with Crippen LogP contribution in [0.15, 0.2) is 29.4 Å². The summed E-state index contributed by atoms with van der Waals surface area (Å²) in [6.45, 7) is 4.79. The fourth-order valence-electron chi connectivity index (χ4n) is 1.63. The molecule has 1 rings (SSSR count). The van der Waals surface area contributed by atoms with Crippen molar-refractivity contribution in [3.05, 3.63) is 45.8 Å². The minimum atomic E-state index is -0.533. The molecule has 1 aromatic carbocycles. The van der Waals surface area contributed by atoms with Gasteiger partial charge in [-0.1, -0.05) is 34.9 Å². The average Bonchev–Trinajstić information content (AvgIpc) is 2.40. The maximum Gasteiger partial charge on any atom is 0.327 e. The van der Waals surface area contributed by atoms with Crippen molar-refractivity contribution in [3.8, 4) is 0 Å². The van der Waals surface area contributed by atoms with Gasteiger partial charge in [0, 0.05) is 18.0 Å². The second-order valence-electron chi connectivity index (χ2n) is 4.00. The lowest BCUT2D eigenvalue weighted by atomic mass is 10.1. The Bertz CT molecular complexity index is 452. The van der Waals surface area contributed by atoms with Crippen molar-refractivity contribution in [1.29, 1.82) is 0 Å². The average molecular weight is 262 g/mol. The monoisotopic (exact) mass is 262 g/mol. The number of benzene rings is 1. The van der Waals surface area contributed by atoms with Crippen LogP contribution >= 0.6 is 0 Å². The van der Waals surface area contributed by atoms with Gasteiger partial charge in [-0.05, 0) is 24.9 Å². The van der Waals surface area contributed by atoms with Crippen molar-refractivity contribution in [2.45, 2.75) is 19.9 Å². The van der Waals surface area contributed by atoms with Gasteiger partial charge in [0.2, 0.25) is 0 Å². The number of carbonyl (C=O) groups is 1. The van der Waals surface area contributed by atoms with Gasteiger partial charge in [-0.2, -0.15) is 0 Å². The van der Waals surface area contributed by atoms with E-state index in [9.17, 15) is 4.79 Å². The summed E-state index contributed by atoms with van der Waals surface area (Å²) in [5, 5.41) is 6.46. The molecule has 6 heteroatoms. The van der Waals surface area contributed by atoms with Crippen LogP contribution in [0.25, 0.3) is 10.4 Å². The molecule has 1 unspecified atom stereocenters. The molecule has 1 N–H and O–H groups in total. The van der Waals surface area contributed by atoms with E-state index in [1.54, 1.807) is 6.92 Å². The Morgan fingerprint density at radius 1 is 1.47 bits per heavy atom. The van der Waals surface area contributed by atoms with E-state index in [0.29, 0.717) is 13.2 Å². The normalized spacial score (nSPS) is 11.5. The standard InChI is InChI=1S/C13H18N4O2/c1-3-19-13(18)12(15-8-9-16-17-14)11-6-4-10(2)5-7-11/h4-7,12,15H,3,8-9H2,1-2H3. The number of ether oxygens (including phenoxy) is 1. The highest BCUT2D eigenvalue weighted by atomic mass is 16.5. The smallest absolute Gasteiger partial charge is 0.327 e. The molecule has 0 aliphatic heterocycles. The molecule has 0 heterocycles. The van der Waals surface area contributed by atoms with Crippen molar-refractivity contribution in [2.24, 2.45) is 5.11 Å². The molecule has 0 radical (unpaired) electrons. The van der Waals surface area contributed by atoms with Gasteiger partial charge in [0.25, 0.3) is 0 Å². The number of esters is 1. The zero-order valence-electron chi connectivity index (χ0n) is 11.2. The third kappa shape index (κ3) is 4.99. The maximum absolute atomic E-state index is 11.9. The molecule has 6 nitrogen and oxygen atoms in total. The molecule has 102 valence electrons. The first-order valence-corrected chi connectivity index (χ1v) is 6.16. The van der Waals surface area contributed by atoms with Gasteiger partial charge in [0.15, 0.2) is 0 Å². The fraction of sp³-hybridized carbons (Fsp3) is 0.462. The Morgan fingerprint density at radius 2 is 2.16 bits per heavy atom. The first kappa shape index (κ1) is 15.0. The predicted octanol–water partition coefficient (Wildman–Crippen LogP) is 2.50. The van der Waals surface area contributed by atoms with Gasteiger partial charge in [-0.3, -0.25) is 0 Å². The van der Waals surface area contributed by atoms with Crippen molar-refractivity contribution >= 4 is 5.97 Å². The van der Waals surface area contributed by atoms with Crippen LogP contribution in [0.5, 0.6) is 0 Å². The second-order valence-corrected chi connectivity index (χ2v) is 4.00. The summed E-state index contributed by atoms with van der Waals surface area (Å²) < 4.78 is 5.04. The molecular weight excluding hydrogens is 244 g/mol. The number of nitrogens with one attached hydrogen (secondary N) is 1. The van der Waals surface area contributed by atoms with Crippen molar-refractivity contribution in [1.82, 2.24) is 5.32 Å². The van der Waals surface area contributed by atoms with Crippen LogP contribution in [-0.2, 0) is 9.53 Å². The number of aryl methyl sites for hydroxylation is 1. The topological polar surface area (TPSA) is 87.1 Å². The van der Waals surface area contributed by atoms with E-state index in [0.717, 1.165) is 11.1 Å². The van der Waals surface area contributed by atoms with E-state index in [4.69, 9.17) is 10.3 Å². The lowest BCUT2D eigenvalue weighted by Crippen LogP contribution is -2.32. The predicted molar refractivity (Wildman–Crippen MR) is 72.6 cm³/mol. The Hall–Kier alpha value is -2.04. The molecule has 1 atom stereocenters. The summed E-state index contributed by atoms with van der Waals surface area (Å²) in [7, 11) is 0. The van der Waals surface area contributed by atoms with Crippen LogP contribution in [0.1, 0.15) is 24.1 Å². The highest BCUT2D eigenvalue weighted by Gasteiger charge is 2.20. The zero-order chi connectivity index (χ0) is 14.1. The van der Waals surface area contributed by atoms with Gasteiger partial charge in [-0.15, -0.1) is 0 Å². The van der Waals surface area contributed by atoms with E-state index < -0.39 is 6.04 Å². The summed E-state index contributed by atoms with van der Waals surface area (Å²) in [5.41, 5.74) is 10.2. The van der Waals surface area contributed by atoms with E-state index in [2.05, 4.69) is 15.3 Å². The molecule has 0 fully saturated rings. The number of carbonyl (C=O) groups excluding carboxylic acids is 1. The largest absolute Gasteiger partial charge is 0.465 e. The van der Waals surface area contributed by atoms with Crippen LogP contribution < -0.4 is 5.32 Å². The molecule has 1 aromatic rings. The van der Waals surface area contributed by atoms with Crippen molar-refractivity contribution < 1.29 is 9.53 Å². The molecule has 0 amide bonds. The van der Waals surface area contributed by atoms with Crippen LogP contribution in [0.4, 0.5) is 0 Å². The van der Waals surface area contributed by atoms with Crippen molar-refractivity contribution in [2.75, 3.05) is 19.7 Å². The molecule has 0 aliphatic rings. The quantitative estimate of drug-likeness (QED) is 0.269. The molecule has 0 saturated carbocycles. The number of rotatable bonds is 7. The number of hydrogen-bond acceptors (Lipinski definition) is 4. The van der Waals surface area contributed by atoms with Gasteiger partial charge in [0.05, 0.1) is 6.61 Å². The Balaban J connectivity index is 2.76. The second kappa shape index (κ2) is 8.13. The van der Waals surface area contributed by atoms with Gasteiger partial charge < -0.3 is 10.1 Å². The first-order chi connectivity index (χ1) is 9.19. The Labute approximate surface area is 112 Å². The maximum atomic E-state index is 11.9. The number of nitrogens with zero attached hydrogens (tertiary/aromatic N) is 3. The van der Waals surface area contributed by atoms with Gasteiger partial charge in [-0.25, -0.2) is 4.79 Å². The van der Waals surface area contributed by atoms with Crippen molar-refractivity contribution in [3.63, 3.8) is 0 Å². The van der Waals surface area contributed by atoms with Crippen LogP contribution in [0.3, 0.4) is 0 Å². The Kier molecular flexibility index (Phi) is 6.43. The highest BCUT2D eigenvalue weighted by molar-refractivity contribution is 5.77. The molecule has 19 heavy (non-hydrogen) atoms. The Morgan fingerprint density at radius 3 is 2.74 bits per heavy atom. The lowest BCUT2D eigenvalue weighted by Gasteiger charge is -2.17. The molecule has 0 aromatic heterocycles. The molecule has 0 bridgehead atoms. The molecule has 0 saturated heterocycles. The van der Waals surface area contributed by atoms with Crippen LogP contribution in [-0.4, -0.2) is 25.7 Å². The third-order valence-corrected chi connectivity index (χ3v) is 2.56. The fourth-order valence-corrected chi connectivity index (χ4v) is 1.63. The summed E-state index contributed by atoms with van der Waals surface area (Å²) in [5.74, 6) is -0.327. The number of hydrogen-bond donors (Lipinski definition) is 1. The molecule has 0 spiro atoms. The zero-order valence-corrected chi connectivity index (χ0v) is 11.2.